The third kappa shape index (κ3) is 3.41. The SMILES string of the molecule is CNC(Cc1cc(F)ccc1Br)c1csc(Br)c1. The first kappa shape index (κ1) is 14.2. The van der Waals surface area contributed by atoms with E-state index in [-0.39, 0.29) is 11.9 Å². The number of likely N-dealkylation sites (N-methyl/N-ethyl adjacent to an activating group) is 1. The first-order valence-corrected chi connectivity index (χ1v) is 7.92. The number of rotatable bonds is 4. The summed E-state index contributed by atoms with van der Waals surface area (Å²) in [6.07, 6.45) is 0.748. The lowest BCUT2D eigenvalue weighted by atomic mass is 10.0. The predicted molar refractivity (Wildman–Crippen MR) is 81.6 cm³/mol. The maximum Gasteiger partial charge on any atom is 0.123 e. The topological polar surface area (TPSA) is 12.0 Å². The lowest BCUT2D eigenvalue weighted by Crippen LogP contribution is -2.18. The van der Waals surface area contributed by atoms with E-state index < -0.39 is 0 Å². The molecule has 0 bridgehead atoms. The fourth-order valence-electron chi connectivity index (χ4n) is 1.81. The Bertz CT molecular complexity index is 542. The van der Waals surface area contributed by atoms with Gasteiger partial charge in [0.05, 0.1) is 3.79 Å². The van der Waals surface area contributed by atoms with E-state index in [0.717, 1.165) is 20.2 Å². The summed E-state index contributed by atoms with van der Waals surface area (Å²) in [6, 6.07) is 7.07. The van der Waals surface area contributed by atoms with E-state index in [1.165, 1.54) is 11.6 Å². The molecule has 1 nitrogen and oxygen atoms in total. The molecule has 1 aromatic heterocycles. The quantitative estimate of drug-likeness (QED) is 0.778. The molecule has 2 rings (SSSR count). The van der Waals surface area contributed by atoms with E-state index in [1.807, 2.05) is 7.05 Å². The molecule has 1 heterocycles. The van der Waals surface area contributed by atoms with Crippen LogP contribution in [-0.4, -0.2) is 7.05 Å². The van der Waals surface area contributed by atoms with Gasteiger partial charge in [0.15, 0.2) is 0 Å². The molecule has 0 amide bonds. The van der Waals surface area contributed by atoms with Crippen molar-refractivity contribution in [3.63, 3.8) is 0 Å². The summed E-state index contributed by atoms with van der Waals surface area (Å²) in [5.74, 6) is -0.199. The summed E-state index contributed by atoms with van der Waals surface area (Å²) in [7, 11) is 1.92. The van der Waals surface area contributed by atoms with Crippen LogP contribution in [0, 0.1) is 5.82 Å². The second kappa shape index (κ2) is 6.28. The largest absolute Gasteiger partial charge is 0.313 e. The van der Waals surface area contributed by atoms with Crippen LogP contribution in [0.3, 0.4) is 0 Å². The van der Waals surface area contributed by atoms with Gasteiger partial charge in [0, 0.05) is 10.5 Å². The van der Waals surface area contributed by atoms with Crippen LogP contribution in [0.4, 0.5) is 4.39 Å². The Kier molecular flexibility index (Phi) is 4.95. The molecule has 2 aromatic rings. The Balaban J connectivity index is 2.22. The van der Waals surface area contributed by atoms with Crippen molar-refractivity contribution in [2.24, 2.45) is 0 Å². The van der Waals surface area contributed by atoms with Gasteiger partial charge in [-0.05, 0) is 70.2 Å². The Morgan fingerprint density at radius 2 is 2.11 bits per heavy atom. The van der Waals surface area contributed by atoms with Gasteiger partial charge in [-0.2, -0.15) is 0 Å². The Hall–Kier alpha value is -0.230. The lowest BCUT2D eigenvalue weighted by molar-refractivity contribution is 0.584. The number of hydrogen-bond acceptors (Lipinski definition) is 2. The molecule has 0 saturated carbocycles. The van der Waals surface area contributed by atoms with Gasteiger partial charge in [-0.3, -0.25) is 0 Å². The maximum absolute atomic E-state index is 13.3. The molecule has 5 heteroatoms. The van der Waals surface area contributed by atoms with E-state index in [0.29, 0.717) is 0 Å². The Morgan fingerprint density at radius 3 is 2.72 bits per heavy atom. The van der Waals surface area contributed by atoms with Crippen LogP contribution in [0.25, 0.3) is 0 Å². The molecular weight excluding hydrogens is 381 g/mol. The first-order valence-electron chi connectivity index (χ1n) is 5.45. The van der Waals surface area contributed by atoms with E-state index in [9.17, 15) is 4.39 Å². The average Bonchev–Trinajstić information content (AvgIpc) is 2.77. The minimum atomic E-state index is -0.199. The van der Waals surface area contributed by atoms with Gasteiger partial charge in [0.1, 0.15) is 5.82 Å². The van der Waals surface area contributed by atoms with E-state index in [4.69, 9.17) is 0 Å². The average molecular weight is 393 g/mol. The van der Waals surface area contributed by atoms with Gasteiger partial charge in [0.25, 0.3) is 0 Å². The van der Waals surface area contributed by atoms with Gasteiger partial charge in [-0.25, -0.2) is 4.39 Å². The van der Waals surface area contributed by atoms with Crippen LogP contribution in [0.2, 0.25) is 0 Å². The van der Waals surface area contributed by atoms with Crippen molar-refractivity contribution in [1.29, 1.82) is 0 Å². The van der Waals surface area contributed by atoms with E-state index >= 15 is 0 Å². The first-order chi connectivity index (χ1) is 8.60. The third-order valence-electron chi connectivity index (χ3n) is 2.77. The summed E-state index contributed by atoms with van der Waals surface area (Å²) < 4.78 is 15.3. The van der Waals surface area contributed by atoms with Crippen molar-refractivity contribution in [2.75, 3.05) is 7.05 Å². The smallest absolute Gasteiger partial charge is 0.123 e. The highest BCUT2D eigenvalue weighted by Gasteiger charge is 2.14. The number of halogens is 3. The Labute approximate surface area is 127 Å². The normalized spacial score (nSPS) is 12.7. The molecule has 96 valence electrons. The number of benzene rings is 1. The van der Waals surface area contributed by atoms with Crippen LogP contribution < -0.4 is 5.32 Å². The molecule has 0 aliphatic heterocycles. The van der Waals surface area contributed by atoms with Crippen LogP contribution in [-0.2, 0) is 6.42 Å². The zero-order chi connectivity index (χ0) is 13.1. The zero-order valence-electron chi connectivity index (χ0n) is 9.71. The fourth-order valence-corrected chi connectivity index (χ4v) is 3.45. The van der Waals surface area contributed by atoms with Crippen molar-refractivity contribution in [3.8, 4) is 0 Å². The highest BCUT2D eigenvalue weighted by Crippen LogP contribution is 2.29. The molecule has 1 unspecified atom stereocenters. The summed E-state index contributed by atoms with van der Waals surface area (Å²) >= 11 is 8.58. The zero-order valence-corrected chi connectivity index (χ0v) is 13.7. The second-order valence-electron chi connectivity index (χ2n) is 3.97. The standard InChI is InChI=1S/C13H12Br2FNS/c1-17-12(9-6-13(15)18-7-9)5-8-4-10(16)2-3-11(8)14/h2-4,6-7,12,17H,5H2,1H3. The van der Waals surface area contributed by atoms with Crippen molar-refractivity contribution in [1.82, 2.24) is 5.32 Å². The van der Waals surface area contributed by atoms with Gasteiger partial charge in [-0.15, -0.1) is 11.3 Å². The maximum atomic E-state index is 13.3. The number of hydrogen-bond donors (Lipinski definition) is 1. The van der Waals surface area contributed by atoms with Crippen molar-refractivity contribution >= 4 is 43.2 Å². The lowest BCUT2D eigenvalue weighted by Gasteiger charge is -2.16. The van der Waals surface area contributed by atoms with E-state index in [2.05, 4.69) is 48.6 Å². The summed E-state index contributed by atoms with van der Waals surface area (Å²) in [6.45, 7) is 0. The highest BCUT2D eigenvalue weighted by molar-refractivity contribution is 9.11. The van der Waals surface area contributed by atoms with Gasteiger partial charge < -0.3 is 5.32 Å². The fraction of sp³-hybridized carbons (Fsp3) is 0.231. The van der Waals surface area contributed by atoms with Gasteiger partial charge in [-0.1, -0.05) is 15.9 Å². The monoisotopic (exact) mass is 391 g/mol. The molecule has 0 spiro atoms. The molecule has 1 N–H and O–H groups in total. The highest BCUT2D eigenvalue weighted by atomic mass is 79.9. The molecule has 1 atom stereocenters. The molecule has 0 aliphatic rings. The predicted octanol–water partition coefficient (Wildman–Crippen LogP) is 4.92. The molecule has 1 aromatic carbocycles. The molecule has 0 saturated heterocycles. The molecule has 18 heavy (non-hydrogen) atoms. The van der Waals surface area contributed by atoms with Gasteiger partial charge >= 0.3 is 0 Å². The summed E-state index contributed by atoms with van der Waals surface area (Å²) in [4.78, 5) is 0. The second-order valence-corrected chi connectivity index (χ2v) is 7.11. The number of thiophene rings is 1. The molecule has 0 aliphatic carbocycles. The van der Waals surface area contributed by atoms with Crippen LogP contribution in [0.15, 0.2) is 37.9 Å². The molecule has 0 fully saturated rings. The van der Waals surface area contributed by atoms with Crippen LogP contribution >= 0.6 is 43.2 Å². The third-order valence-corrected chi connectivity index (χ3v) is 5.07. The van der Waals surface area contributed by atoms with Crippen LogP contribution in [0.1, 0.15) is 17.2 Å². The van der Waals surface area contributed by atoms with Gasteiger partial charge in [0.2, 0.25) is 0 Å². The molecule has 0 radical (unpaired) electrons. The summed E-state index contributed by atoms with van der Waals surface area (Å²) in [5.41, 5.74) is 2.18. The minimum absolute atomic E-state index is 0.186. The minimum Gasteiger partial charge on any atom is -0.313 e. The van der Waals surface area contributed by atoms with E-state index in [1.54, 1.807) is 23.5 Å². The number of nitrogens with one attached hydrogen (secondary N) is 1. The Morgan fingerprint density at radius 1 is 1.33 bits per heavy atom. The summed E-state index contributed by atoms with van der Waals surface area (Å²) in [5, 5.41) is 5.38. The van der Waals surface area contributed by atoms with Crippen molar-refractivity contribution in [3.05, 3.63) is 54.8 Å². The van der Waals surface area contributed by atoms with Crippen molar-refractivity contribution in [2.45, 2.75) is 12.5 Å². The molecular formula is C13H12Br2FNS. The van der Waals surface area contributed by atoms with Crippen LogP contribution in [0.5, 0.6) is 0 Å². The van der Waals surface area contributed by atoms with Crippen molar-refractivity contribution < 1.29 is 4.39 Å².